The molecule has 0 aliphatic heterocycles. The van der Waals surface area contributed by atoms with Gasteiger partial charge < -0.3 is 15.8 Å². The van der Waals surface area contributed by atoms with E-state index in [-0.39, 0.29) is 5.56 Å². The quantitative estimate of drug-likeness (QED) is 0.806. The molecule has 0 aromatic carbocycles. The molecule has 0 saturated heterocycles. The number of rotatable bonds is 6. The predicted octanol–water partition coefficient (Wildman–Crippen LogP) is 1.58. The van der Waals surface area contributed by atoms with Crippen molar-refractivity contribution in [3.8, 4) is 0 Å². The minimum absolute atomic E-state index is 0.142. The van der Waals surface area contributed by atoms with Crippen molar-refractivity contribution in [3.63, 3.8) is 0 Å². The molecule has 1 fully saturated rings. The van der Waals surface area contributed by atoms with Gasteiger partial charge in [0.1, 0.15) is 4.47 Å². The molecule has 2 rings (SSSR count). The van der Waals surface area contributed by atoms with Gasteiger partial charge in [-0.05, 0) is 41.2 Å². The van der Waals surface area contributed by atoms with Gasteiger partial charge in [-0.25, -0.2) is 4.68 Å². The molecular formula is C14H23BrN4O2. The summed E-state index contributed by atoms with van der Waals surface area (Å²) in [4.78, 5) is 12.2. The number of nitrogens with one attached hydrogen (secondary N) is 1. The van der Waals surface area contributed by atoms with E-state index in [0.717, 1.165) is 18.5 Å². The SMILES string of the molecule is COCCn1ncc(NC2CCCCC2CN)c(Br)c1=O. The Hall–Kier alpha value is -0.920. The number of halogens is 1. The summed E-state index contributed by atoms with van der Waals surface area (Å²) in [5, 5.41) is 7.63. The zero-order chi connectivity index (χ0) is 15.2. The first-order valence-electron chi connectivity index (χ1n) is 7.38. The average Bonchev–Trinajstić information content (AvgIpc) is 2.51. The smallest absolute Gasteiger partial charge is 0.283 e. The minimum atomic E-state index is -0.142. The van der Waals surface area contributed by atoms with E-state index < -0.39 is 0 Å². The molecule has 0 spiro atoms. The minimum Gasteiger partial charge on any atom is -0.383 e. The van der Waals surface area contributed by atoms with Crippen LogP contribution in [0.3, 0.4) is 0 Å². The number of hydrogen-bond acceptors (Lipinski definition) is 5. The maximum atomic E-state index is 12.2. The topological polar surface area (TPSA) is 82.2 Å². The number of methoxy groups -OCH3 is 1. The van der Waals surface area contributed by atoms with Crippen molar-refractivity contribution in [2.45, 2.75) is 38.3 Å². The zero-order valence-electron chi connectivity index (χ0n) is 12.3. The van der Waals surface area contributed by atoms with E-state index in [1.165, 1.54) is 17.5 Å². The summed E-state index contributed by atoms with van der Waals surface area (Å²) in [6.07, 6.45) is 6.36. The van der Waals surface area contributed by atoms with Gasteiger partial charge in [-0.15, -0.1) is 0 Å². The molecule has 3 N–H and O–H groups in total. The van der Waals surface area contributed by atoms with E-state index in [1.54, 1.807) is 13.3 Å². The molecule has 7 heteroatoms. The molecule has 21 heavy (non-hydrogen) atoms. The van der Waals surface area contributed by atoms with Crippen molar-refractivity contribution >= 4 is 21.6 Å². The van der Waals surface area contributed by atoms with Crippen LogP contribution in [0.1, 0.15) is 25.7 Å². The Balaban J connectivity index is 2.13. The molecule has 1 saturated carbocycles. The van der Waals surface area contributed by atoms with Gasteiger partial charge >= 0.3 is 0 Å². The molecule has 1 aromatic heterocycles. The van der Waals surface area contributed by atoms with Gasteiger partial charge in [0, 0.05) is 13.2 Å². The lowest BCUT2D eigenvalue weighted by atomic mass is 9.84. The highest BCUT2D eigenvalue weighted by Gasteiger charge is 2.24. The lowest BCUT2D eigenvalue weighted by Crippen LogP contribution is -2.37. The van der Waals surface area contributed by atoms with Crippen molar-refractivity contribution in [1.82, 2.24) is 9.78 Å². The molecule has 1 aliphatic carbocycles. The highest BCUT2D eigenvalue weighted by atomic mass is 79.9. The fourth-order valence-electron chi connectivity index (χ4n) is 2.78. The lowest BCUT2D eigenvalue weighted by Gasteiger charge is -2.32. The molecule has 1 heterocycles. The van der Waals surface area contributed by atoms with E-state index in [4.69, 9.17) is 10.5 Å². The summed E-state index contributed by atoms with van der Waals surface area (Å²) in [6, 6.07) is 0.316. The van der Waals surface area contributed by atoms with Gasteiger partial charge in [-0.3, -0.25) is 4.79 Å². The zero-order valence-corrected chi connectivity index (χ0v) is 13.9. The summed E-state index contributed by atoms with van der Waals surface area (Å²) >= 11 is 3.38. The van der Waals surface area contributed by atoms with Gasteiger partial charge in [-0.2, -0.15) is 5.10 Å². The summed E-state index contributed by atoms with van der Waals surface area (Å²) in [5.74, 6) is 0.460. The molecule has 0 bridgehead atoms. The highest BCUT2D eigenvalue weighted by Crippen LogP contribution is 2.28. The van der Waals surface area contributed by atoms with Crippen LogP contribution >= 0.6 is 15.9 Å². The second-order valence-corrected chi connectivity index (χ2v) is 6.22. The van der Waals surface area contributed by atoms with Crippen LogP contribution in [-0.4, -0.2) is 36.1 Å². The molecule has 2 atom stereocenters. The van der Waals surface area contributed by atoms with Gasteiger partial charge in [0.15, 0.2) is 0 Å². The third-order valence-corrected chi connectivity index (χ3v) is 4.81. The fraction of sp³-hybridized carbons (Fsp3) is 0.714. The van der Waals surface area contributed by atoms with Crippen LogP contribution < -0.4 is 16.6 Å². The van der Waals surface area contributed by atoms with Crippen LogP contribution in [0.25, 0.3) is 0 Å². The van der Waals surface area contributed by atoms with Crippen molar-refractivity contribution in [2.24, 2.45) is 11.7 Å². The molecule has 2 unspecified atom stereocenters. The number of hydrogen-bond donors (Lipinski definition) is 2. The van der Waals surface area contributed by atoms with Crippen LogP contribution in [0.2, 0.25) is 0 Å². The largest absolute Gasteiger partial charge is 0.383 e. The van der Waals surface area contributed by atoms with Gasteiger partial charge in [0.2, 0.25) is 0 Å². The molecule has 6 nitrogen and oxygen atoms in total. The Labute approximate surface area is 133 Å². The summed E-state index contributed by atoms with van der Waals surface area (Å²) < 4.78 is 6.90. The standard InChI is InChI=1S/C14H23BrN4O2/c1-21-7-6-19-14(20)13(15)12(9-17-19)18-11-5-3-2-4-10(11)8-16/h9-11,18H,2-8,16H2,1H3. The van der Waals surface area contributed by atoms with Gasteiger partial charge in [0.25, 0.3) is 5.56 Å². The predicted molar refractivity (Wildman–Crippen MR) is 86.5 cm³/mol. The first kappa shape index (κ1) is 16.5. The Kier molecular flexibility index (Phi) is 6.20. The number of nitrogens with two attached hydrogens (primary N) is 1. The average molecular weight is 359 g/mol. The first-order valence-corrected chi connectivity index (χ1v) is 8.17. The van der Waals surface area contributed by atoms with E-state index in [0.29, 0.717) is 36.1 Å². The van der Waals surface area contributed by atoms with Crippen molar-refractivity contribution < 1.29 is 4.74 Å². The van der Waals surface area contributed by atoms with Crippen LogP contribution in [0, 0.1) is 5.92 Å². The number of ether oxygens (including phenoxy) is 1. The Morgan fingerprint density at radius 3 is 3.00 bits per heavy atom. The molecule has 1 aliphatic rings. The lowest BCUT2D eigenvalue weighted by molar-refractivity contribution is 0.181. The summed E-state index contributed by atoms with van der Waals surface area (Å²) in [6.45, 7) is 1.58. The molecule has 0 amide bonds. The van der Waals surface area contributed by atoms with Crippen molar-refractivity contribution in [1.29, 1.82) is 0 Å². The Bertz CT molecular complexity index is 520. The van der Waals surface area contributed by atoms with E-state index in [1.807, 2.05) is 0 Å². The monoisotopic (exact) mass is 358 g/mol. The van der Waals surface area contributed by atoms with Crippen LogP contribution in [0.4, 0.5) is 5.69 Å². The molecule has 0 radical (unpaired) electrons. The van der Waals surface area contributed by atoms with E-state index in [2.05, 4.69) is 26.3 Å². The second kappa shape index (κ2) is 7.91. The second-order valence-electron chi connectivity index (χ2n) is 5.42. The van der Waals surface area contributed by atoms with Crippen LogP contribution in [0.15, 0.2) is 15.5 Å². The Morgan fingerprint density at radius 1 is 1.52 bits per heavy atom. The Morgan fingerprint density at radius 2 is 2.29 bits per heavy atom. The third-order valence-electron chi connectivity index (χ3n) is 4.04. The number of nitrogens with zero attached hydrogens (tertiary/aromatic N) is 2. The summed E-state index contributed by atoms with van der Waals surface area (Å²) in [5.41, 5.74) is 6.45. The normalized spacial score (nSPS) is 22.2. The molecule has 118 valence electrons. The van der Waals surface area contributed by atoms with Crippen molar-refractivity contribution in [2.75, 3.05) is 25.6 Å². The maximum Gasteiger partial charge on any atom is 0.283 e. The fourth-order valence-corrected chi connectivity index (χ4v) is 3.20. The van der Waals surface area contributed by atoms with E-state index >= 15 is 0 Å². The summed E-state index contributed by atoms with van der Waals surface area (Å²) in [7, 11) is 1.60. The molecule has 1 aromatic rings. The maximum absolute atomic E-state index is 12.2. The molecular weight excluding hydrogens is 336 g/mol. The van der Waals surface area contributed by atoms with E-state index in [9.17, 15) is 4.79 Å². The van der Waals surface area contributed by atoms with Crippen LogP contribution in [-0.2, 0) is 11.3 Å². The van der Waals surface area contributed by atoms with Gasteiger partial charge in [-0.1, -0.05) is 12.8 Å². The number of anilines is 1. The highest BCUT2D eigenvalue weighted by molar-refractivity contribution is 9.10. The first-order chi connectivity index (χ1) is 10.2. The third kappa shape index (κ3) is 4.05. The van der Waals surface area contributed by atoms with Crippen molar-refractivity contribution in [3.05, 3.63) is 21.0 Å². The number of aromatic nitrogens is 2. The van der Waals surface area contributed by atoms with Crippen LogP contribution in [0.5, 0.6) is 0 Å². The van der Waals surface area contributed by atoms with Gasteiger partial charge in [0.05, 0.1) is 25.0 Å².